The van der Waals surface area contributed by atoms with Gasteiger partial charge in [0.2, 0.25) is 5.88 Å². The van der Waals surface area contributed by atoms with Crippen LogP contribution in [0.5, 0.6) is 5.88 Å². The standard InChI is InChI=1S/C21H16FN5O5/c1-9-13(7-25-19-16(9)10(6-23)2-3-32-19)12-4-11-5-15(26-20(28)29)24-8-14(11)18(17(12)22)27-21(30)31/h4-5,7-8,10,27H,2-3H2,1H3,(H,24,26)(H,28,29)(H,30,31). The first-order valence-corrected chi connectivity index (χ1v) is 9.44. The molecule has 1 atom stereocenters. The average Bonchev–Trinajstić information content (AvgIpc) is 2.75. The molecule has 0 bridgehead atoms. The highest BCUT2D eigenvalue weighted by Crippen LogP contribution is 2.41. The number of benzene rings is 1. The largest absolute Gasteiger partial charge is 0.477 e. The summed E-state index contributed by atoms with van der Waals surface area (Å²) in [6.45, 7) is 2.06. The number of hydrogen-bond acceptors (Lipinski definition) is 6. The van der Waals surface area contributed by atoms with E-state index in [1.165, 1.54) is 24.5 Å². The first-order chi connectivity index (χ1) is 15.3. The van der Waals surface area contributed by atoms with Gasteiger partial charge in [0.15, 0.2) is 5.82 Å². The summed E-state index contributed by atoms with van der Waals surface area (Å²) in [5, 5.41) is 32.3. The number of nitrogens with zero attached hydrogens (tertiary/aromatic N) is 3. The number of aromatic nitrogens is 2. The summed E-state index contributed by atoms with van der Waals surface area (Å²) >= 11 is 0. The Morgan fingerprint density at radius 2 is 1.94 bits per heavy atom. The first kappa shape index (κ1) is 20.8. The molecule has 0 saturated carbocycles. The summed E-state index contributed by atoms with van der Waals surface area (Å²) in [4.78, 5) is 30.4. The van der Waals surface area contributed by atoms with Gasteiger partial charge in [-0.25, -0.2) is 23.9 Å². The number of hydrogen-bond donors (Lipinski definition) is 4. The fraction of sp³-hybridized carbons (Fsp3) is 0.190. The highest BCUT2D eigenvalue weighted by atomic mass is 19.1. The predicted octanol–water partition coefficient (Wildman–Crippen LogP) is 4.31. The summed E-state index contributed by atoms with van der Waals surface area (Å²) in [5.41, 5.74) is 1.20. The fourth-order valence-electron chi connectivity index (χ4n) is 3.81. The fourth-order valence-corrected chi connectivity index (χ4v) is 3.81. The van der Waals surface area contributed by atoms with E-state index in [2.05, 4.69) is 26.7 Å². The molecule has 4 rings (SSSR count). The van der Waals surface area contributed by atoms with Crippen molar-refractivity contribution in [2.75, 3.05) is 17.2 Å². The summed E-state index contributed by atoms with van der Waals surface area (Å²) in [7, 11) is 0. The van der Waals surface area contributed by atoms with Gasteiger partial charge in [-0.2, -0.15) is 5.26 Å². The molecule has 11 heteroatoms. The Bertz CT molecular complexity index is 1320. The predicted molar refractivity (Wildman–Crippen MR) is 111 cm³/mol. The molecule has 0 aliphatic carbocycles. The summed E-state index contributed by atoms with van der Waals surface area (Å²) < 4.78 is 21.1. The lowest BCUT2D eigenvalue weighted by Crippen LogP contribution is -2.16. The van der Waals surface area contributed by atoms with E-state index in [4.69, 9.17) is 9.84 Å². The van der Waals surface area contributed by atoms with Crippen molar-refractivity contribution in [1.29, 1.82) is 5.26 Å². The van der Waals surface area contributed by atoms with Gasteiger partial charge < -0.3 is 14.9 Å². The van der Waals surface area contributed by atoms with E-state index in [1.54, 1.807) is 6.92 Å². The molecular formula is C21H16FN5O5. The van der Waals surface area contributed by atoms with E-state index >= 15 is 4.39 Å². The highest BCUT2D eigenvalue weighted by molar-refractivity contribution is 6.04. The van der Waals surface area contributed by atoms with E-state index in [1.807, 2.05) is 0 Å². The second-order valence-electron chi connectivity index (χ2n) is 7.10. The first-order valence-electron chi connectivity index (χ1n) is 9.44. The Kier molecular flexibility index (Phi) is 5.19. The molecule has 2 amide bonds. The Balaban J connectivity index is 1.98. The summed E-state index contributed by atoms with van der Waals surface area (Å²) in [6, 6.07) is 5.03. The van der Waals surface area contributed by atoms with Crippen molar-refractivity contribution in [2.45, 2.75) is 19.3 Å². The zero-order valence-corrected chi connectivity index (χ0v) is 16.6. The number of carboxylic acid groups (broad SMARTS) is 2. The molecule has 3 aromatic rings. The van der Waals surface area contributed by atoms with Gasteiger partial charge in [0.1, 0.15) is 5.82 Å². The zero-order valence-electron chi connectivity index (χ0n) is 16.6. The maximum atomic E-state index is 15.6. The maximum Gasteiger partial charge on any atom is 0.410 e. The molecule has 3 heterocycles. The van der Waals surface area contributed by atoms with Crippen LogP contribution in [0, 0.1) is 24.1 Å². The Labute approximate surface area is 180 Å². The second kappa shape index (κ2) is 7.99. The number of anilines is 2. The van der Waals surface area contributed by atoms with Crippen molar-refractivity contribution in [3.8, 4) is 23.1 Å². The lowest BCUT2D eigenvalue weighted by Gasteiger charge is -2.24. The van der Waals surface area contributed by atoms with Crippen molar-refractivity contribution < 1.29 is 28.9 Å². The number of nitriles is 1. The van der Waals surface area contributed by atoms with Gasteiger partial charge >= 0.3 is 12.2 Å². The van der Waals surface area contributed by atoms with E-state index in [-0.39, 0.29) is 22.5 Å². The number of ether oxygens (including phenoxy) is 1. The molecule has 0 spiro atoms. The Morgan fingerprint density at radius 1 is 1.19 bits per heavy atom. The number of nitrogens with one attached hydrogen (secondary N) is 2. The van der Waals surface area contributed by atoms with Crippen LogP contribution >= 0.6 is 0 Å². The van der Waals surface area contributed by atoms with Crippen molar-refractivity contribution >= 4 is 34.5 Å². The van der Waals surface area contributed by atoms with Crippen LogP contribution in [0.15, 0.2) is 24.5 Å². The van der Waals surface area contributed by atoms with Gasteiger partial charge in [-0.05, 0) is 30.0 Å². The van der Waals surface area contributed by atoms with Crippen LogP contribution in [0.25, 0.3) is 21.9 Å². The van der Waals surface area contributed by atoms with Crippen LogP contribution in [0.4, 0.5) is 25.5 Å². The molecule has 1 aliphatic rings. The van der Waals surface area contributed by atoms with Crippen LogP contribution in [-0.4, -0.2) is 39.0 Å². The molecule has 32 heavy (non-hydrogen) atoms. The normalized spacial score (nSPS) is 14.7. The van der Waals surface area contributed by atoms with Crippen LogP contribution in [-0.2, 0) is 0 Å². The molecule has 0 fully saturated rings. The van der Waals surface area contributed by atoms with Gasteiger partial charge in [0, 0.05) is 40.9 Å². The minimum absolute atomic E-state index is 0.0120. The third kappa shape index (κ3) is 3.58. The molecule has 1 aliphatic heterocycles. The SMILES string of the molecule is Cc1c(-c2cc3cc(NC(=O)O)ncc3c(NC(=O)O)c2F)cnc2c1C(C#N)CCO2. The zero-order chi connectivity index (χ0) is 23.0. The number of halogens is 1. The monoisotopic (exact) mass is 437 g/mol. The molecule has 1 unspecified atom stereocenters. The third-order valence-corrected chi connectivity index (χ3v) is 5.22. The molecule has 10 nitrogen and oxygen atoms in total. The topological polar surface area (TPSA) is 157 Å². The quantitative estimate of drug-likeness (QED) is 0.472. The lowest BCUT2D eigenvalue weighted by molar-refractivity contribution is 0.208. The molecule has 1 aromatic carbocycles. The lowest BCUT2D eigenvalue weighted by atomic mass is 9.88. The van der Waals surface area contributed by atoms with E-state index in [0.29, 0.717) is 41.0 Å². The number of rotatable bonds is 3. The second-order valence-corrected chi connectivity index (χ2v) is 7.10. The van der Waals surface area contributed by atoms with Crippen LogP contribution < -0.4 is 15.4 Å². The highest BCUT2D eigenvalue weighted by Gasteiger charge is 2.28. The van der Waals surface area contributed by atoms with Crippen LogP contribution in [0.2, 0.25) is 0 Å². The third-order valence-electron chi connectivity index (χ3n) is 5.22. The Hall–Kier alpha value is -4.46. The van der Waals surface area contributed by atoms with E-state index < -0.39 is 23.9 Å². The number of carbonyl (C=O) groups is 2. The minimum Gasteiger partial charge on any atom is -0.477 e. The van der Waals surface area contributed by atoms with Crippen LogP contribution in [0.3, 0.4) is 0 Å². The smallest absolute Gasteiger partial charge is 0.410 e. The number of fused-ring (bicyclic) bond motifs is 2. The van der Waals surface area contributed by atoms with Crippen molar-refractivity contribution in [3.63, 3.8) is 0 Å². The average molecular weight is 437 g/mol. The van der Waals surface area contributed by atoms with Gasteiger partial charge in [0.25, 0.3) is 0 Å². The van der Waals surface area contributed by atoms with E-state index in [0.717, 1.165) is 0 Å². The molecule has 0 radical (unpaired) electrons. The molecule has 0 saturated heterocycles. The summed E-state index contributed by atoms with van der Waals surface area (Å²) in [5.74, 6) is -1.02. The van der Waals surface area contributed by atoms with E-state index in [9.17, 15) is 20.0 Å². The minimum atomic E-state index is -1.48. The van der Waals surface area contributed by atoms with Gasteiger partial charge in [-0.3, -0.25) is 10.6 Å². The molecular weight excluding hydrogens is 421 g/mol. The van der Waals surface area contributed by atoms with Crippen molar-refractivity contribution in [2.24, 2.45) is 0 Å². The number of amides is 2. The molecule has 4 N–H and O–H groups in total. The molecule has 162 valence electrons. The number of pyridine rings is 2. The van der Waals surface area contributed by atoms with Gasteiger partial charge in [-0.1, -0.05) is 0 Å². The van der Waals surface area contributed by atoms with Crippen LogP contribution in [0.1, 0.15) is 23.5 Å². The molecule has 2 aromatic heterocycles. The van der Waals surface area contributed by atoms with Crippen molar-refractivity contribution in [3.05, 3.63) is 41.5 Å². The Morgan fingerprint density at radius 3 is 2.62 bits per heavy atom. The van der Waals surface area contributed by atoms with Gasteiger partial charge in [0.05, 0.1) is 24.3 Å². The summed E-state index contributed by atoms with van der Waals surface area (Å²) in [6.07, 6.45) is 0.238. The van der Waals surface area contributed by atoms with Gasteiger partial charge in [-0.15, -0.1) is 0 Å². The maximum absolute atomic E-state index is 15.6. The van der Waals surface area contributed by atoms with Crippen molar-refractivity contribution in [1.82, 2.24) is 9.97 Å².